The van der Waals surface area contributed by atoms with Crippen molar-refractivity contribution in [3.05, 3.63) is 24.3 Å². The minimum absolute atomic E-state index is 0.368. The smallest absolute Gasteiger partial charge is 0.245 e. The van der Waals surface area contributed by atoms with Crippen molar-refractivity contribution in [3.8, 4) is 5.75 Å². The minimum atomic E-state index is -3.60. The number of carbonyl (C=O) groups is 1. The second-order valence-corrected chi connectivity index (χ2v) is 6.20. The SMILES string of the molecule is CCOc1ccc(N(C(C)C(=O)Cl)S(C)(=O)=O)cc1. The molecule has 0 aliphatic heterocycles. The highest BCUT2D eigenvalue weighted by atomic mass is 35.5. The molecule has 7 heteroatoms. The fourth-order valence-electron chi connectivity index (χ4n) is 1.65. The van der Waals surface area contributed by atoms with Gasteiger partial charge in [0.2, 0.25) is 15.3 Å². The molecule has 19 heavy (non-hydrogen) atoms. The molecule has 0 aromatic heterocycles. The maximum atomic E-state index is 11.8. The highest BCUT2D eigenvalue weighted by molar-refractivity contribution is 7.92. The van der Waals surface area contributed by atoms with Crippen LogP contribution in [0.3, 0.4) is 0 Å². The van der Waals surface area contributed by atoms with Crippen LogP contribution in [0.25, 0.3) is 0 Å². The molecule has 0 saturated carbocycles. The Morgan fingerprint density at radius 1 is 1.37 bits per heavy atom. The lowest BCUT2D eigenvalue weighted by atomic mass is 10.2. The van der Waals surface area contributed by atoms with Crippen molar-refractivity contribution in [2.24, 2.45) is 0 Å². The molecular formula is C12H16ClNO4S. The Bertz CT molecular complexity index is 541. The fourth-order valence-corrected chi connectivity index (χ4v) is 2.98. The van der Waals surface area contributed by atoms with Crippen LogP contribution in [0.2, 0.25) is 0 Å². The summed E-state index contributed by atoms with van der Waals surface area (Å²) in [6, 6.07) is 5.46. The van der Waals surface area contributed by atoms with Crippen molar-refractivity contribution >= 4 is 32.6 Å². The van der Waals surface area contributed by atoms with Crippen LogP contribution in [0.15, 0.2) is 24.3 Å². The molecule has 0 fully saturated rings. The molecule has 1 rings (SSSR count). The first-order chi connectivity index (χ1) is 8.77. The average molecular weight is 306 g/mol. The zero-order valence-corrected chi connectivity index (χ0v) is 12.5. The van der Waals surface area contributed by atoms with E-state index in [2.05, 4.69) is 0 Å². The quantitative estimate of drug-likeness (QED) is 0.754. The van der Waals surface area contributed by atoms with E-state index in [9.17, 15) is 13.2 Å². The van der Waals surface area contributed by atoms with Crippen molar-refractivity contribution in [1.29, 1.82) is 0 Å². The molecule has 5 nitrogen and oxygen atoms in total. The van der Waals surface area contributed by atoms with E-state index >= 15 is 0 Å². The molecule has 1 aromatic carbocycles. The standard InChI is InChI=1S/C12H16ClNO4S/c1-4-18-11-7-5-10(6-8-11)14(19(3,16)17)9(2)12(13)15/h5-9H,4H2,1-3H3. The highest BCUT2D eigenvalue weighted by Gasteiger charge is 2.27. The summed E-state index contributed by atoms with van der Waals surface area (Å²) in [5, 5.41) is -0.737. The number of nitrogens with zero attached hydrogens (tertiary/aromatic N) is 1. The molecule has 1 atom stereocenters. The van der Waals surface area contributed by atoms with Crippen LogP contribution < -0.4 is 9.04 Å². The molecule has 0 aliphatic rings. The van der Waals surface area contributed by atoms with E-state index in [-0.39, 0.29) is 0 Å². The van der Waals surface area contributed by atoms with Gasteiger partial charge in [-0.1, -0.05) is 0 Å². The van der Waals surface area contributed by atoms with Crippen molar-refractivity contribution in [3.63, 3.8) is 0 Å². The first kappa shape index (κ1) is 15.8. The summed E-state index contributed by atoms with van der Waals surface area (Å²) in [5.74, 6) is 0.629. The van der Waals surface area contributed by atoms with Gasteiger partial charge in [-0.05, 0) is 49.7 Å². The van der Waals surface area contributed by atoms with Gasteiger partial charge in [0.1, 0.15) is 11.8 Å². The first-order valence-electron chi connectivity index (χ1n) is 5.69. The van der Waals surface area contributed by atoms with Gasteiger partial charge in [0.15, 0.2) is 0 Å². The predicted octanol–water partition coefficient (Wildman–Crippen LogP) is 2.01. The van der Waals surface area contributed by atoms with Crippen LogP contribution in [-0.4, -0.2) is 32.6 Å². The van der Waals surface area contributed by atoms with Crippen molar-refractivity contribution in [2.45, 2.75) is 19.9 Å². The van der Waals surface area contributed by atoms with Crippen LogP contribution in [0.5, 0.6) is 5.75 Å². The number of ether oxygens (including phenoxy) is 1. The van der Waals surface area contributed by atoms with E-state index < -0.39 is 21.3 Å². The largest absolute Gasteiger partial charge is 0.494 e. The molecule has 0 spiro atoms. The van der Waals surface area contributed by atoms with Crippen LogP contribution in [0.1, 0.15) is 13.8 Å². The van der Waals surface area contributed by atoms with Crippen molar-refractivity contribution in [2.75, 3.05) is 17.2 Å². The summed E-state index contributed by atoms with van der Waals surface area (Å²) < 4.78 is 29.8. The molecule has 0 amide bonds. The lowest BCUT2D eigenvalue weighted by molar-refractivity contribution is -0.112. The van der Waals surface area contributed by atoms with Crippen LogP contribution in [-0.2, 0) is 14.8 Å². The second-order valence-electron chi connectivity index (χ2n) is 3.97. The van der Waals surface area contributed by atoms with E-state index in [4.69, 9.17) is 16.3 Å². The Labute approximate surface area is 118 Å². The number of anilines is 1. The molecule has 1 unspecified atom stereocenters. The lowest BCUT2D eigenvalue weighted by Gasteiger charge is -2.26. The number of carbonyl (C=O) groups excluding carboxylic acids is 1. The Kier molecular flexibility index (Phi) is 5.20. The van der Waals surface area contributed by atoms with E-state index in [1.165, 1.54) is 6.92 Å². The van der Waals surface area contributed by atoms with Gasteiger partial charge in [-0.25, -0.2) is 8.42 Å². The van der Waals surface area contributed by atoms with Gasteiger partial charge in [-0.2, -0.15) is 0 Å². The molecule has 0 saturated heterocycles. The molecule has 0 bridgehead atoms. The monoisotopic (exact) mass is 305 g/mol. The highest BCUT2D eigenvalue weighted by Crippen LogP contribution is 2.24. The maximum absolute atomic E-state index is 11.8. The Hall–Kier alpha value is -1.27. The molecule has 0 heterocycles. The van der Waals surface area contributed by atoms with E-state index in [0.29, 0.717) is 18.0 Å². The van der Waals surface area contributed by atoms with Crippen molar-refractivity contribution in [1.82, 2.24) is 0 Å². The summed E-state index contributed by atoms with van der Waals surface area (Å²) >= 11 is 5.39. The topological polar surface area (TPSA) is 63.7 Å². The first-order valence-corrected chi connectivity index (χ1v) is 7.91. The van der Waals surface area contributed by atoms with Gasteiger partial charge in [0.05, 0.1) is 18.6 Å². The maximum Gasteiger partial charge on any atom is 0.245 e. The van der Waals surface area contributed by atoms with Gasteiger partial charge in [0.25, 0.3) is 0 Å². The van der Waals surface area contributed by atoms with Crippen LogP contribution >= 0.6 is 11.6 Å². The Balaban J connectivity index is 3.15. The van der Waals surface area contributed by atoms with Crippen LogP contribution in [0, 0.1) is 0 Å². The van der Waals surface area contributed by atoms with E-state index in [1.807, 2.05) is 6.92 Å². The number of hydrogen-bond acceptors (Lipinski definition) is 4. The summed E-state index contributed by atoms with van der Waals surface area (Å²) in [5.41, 5.74) is 0.368. The number of halogens is 1. The third-order valence-electron chi connectivity index (χ3n) is 2.44. The molecule has 0 N–H and O–H groups in total. The number of sulfonamides is 1. The summed E-state index contributed by atoms with van der Waals surface area (Å²) in [4.78, 5) is 11.2. The van der Waals surface area contributed by atoms with Gasteiger partial charge in [-0.3, -0.25) is 9.10 Å². The van der Waals surface area contributed by atoms with Gasteiger partial charge in [-0.15, -0.1) is 0 Å². The summed E-state index contributed by atoms with van der Waals surface area (Å²) in [6.45, 7) is 3.81. The average Bonchev–Trinajstić information content (AvgIpc) is 2.30. The summed E-state index contributed by atoms with van der Waals surface area (Å²) in [7, 11) is -3.60. The number of hydrogen-bond donors (Lipinski definition) is 0. The van der Waals surface area contributed by atoms with E-state index in [0.717, 1.165) is 10.6 Å². The fraction of sp³-hybridized carbons (Fsp3) is 0.417. The molecule has 106 valence electrons. The van der Waals surface area contributed by atoms with Crippen LogP contribution in [0.4, 0.5) is 5.69 Å². The van der Waals surface area contributed by atoms with Gasteiger partial charge < -0.3 is 4.74 Å². The summed E-state index contributed by atoms with van der Waals surface area (Å²) in [6.07, 6.45) is 1.03. The zero-order chi connectivity index (χ0) is 14.6. The van der Waals surface area contributed by atoms with Gasteiger partial charge >= 0.3 is 0 Å². The second kappa shape index (κ2) is 6.25. The molecule has 0 aliphatic carbocycles. The predicted molar refractivity (Wildman–Crippen MR) is 75.3 cm³/mol. The lowest BCUT2D eigenvalue weighted by Crippen LogP contribution is -2.41. The number of benzene rings is 1. The number of rotatable bonds is 6. The molecule has 1 aromatic rings. The Morgan fingerprint density at radius 2 is 1.89 bits per heavy atom. The Morgan fingerprint density at radius 3 is 2.26 bits per heavy atom. The third-order valence-corrected chi connectivity index (χ3v) is 4.00. The normalized spacial score (nSPS) is 12.8. The third kappa shape index (κ3) is 4.11. The van der Waals surface area contributed by atoms with E-state index in [1.54, 1.807) is 24.3 Å². The van der Waals surface area contributed by atoms with Gasteiger partial charge in [0, 0.05) is 0 Å². The molecule has 0 radical (unpaired) electrons. The minimum Gasteiger partial charge on any atom is -0.494 e. The molecular weight excluding hydrogens is 290 g/mol. The van der Waals surface area contributed by atoms with Crippen molar-refractivity contribution < 1.29 is 17.9 Å². The zero-order valence-electron chi connectivity index (χ0n) is 11.0.